The Morgan fingerprint density at radius 1 is 1.73 bits per heavy atom. The van der Waals surface area contributed by atoms with Crippen molar-refractivity contribution in [3.8, 4) is 0 Å². The quantitative estimate of drug-likeness (QED) is 0.670. The van der Waals surface area contributed by atoms with E-state index in [1.807, 2.05) is 6.07 Å². The topological polar surface area (TPSA) is 47.3 Å². The number of rotatable bonds is 4. The lowest BCUT2D eigenvalue weighted by molar-refractivity contribution is 0.108. The zero-order valence-corrected chi connectivity index (χ0v) is 6.47. The van der Waals surface area contributed by atoms with Crippen molar-refractivity contribution < 1.29 is 9.84 Å². The van der Waals surface area contributed by atoms with Crippen LogP contribution in [-0.4, -0.2) is 35.2 Å². The van der Waals surface area contributed by atoms with Crippen LogP contribution in [0, 0.1) is 0 Å². The van der Waals surface area contributed by atoms with E-state index >= 15 is 0 Å². The molecule has 0 saturated heterocycles. The van der Waals surface area contributed by atoms with Gasteiger partial charge in [-0.05, 0) is 6.07 Å². The van der Waals surface area contributed by atoms with Crippen LogP contribution in [0.4, 0.5) is 0 Å². The van der Waals surface area contributed by atoms with Gasteiger partial charge in [0.15, 0.2) is 0 Å². The van der Waals surface area contributed by atoms with Gasteiger partial charge in [-0.15, -0.1) is 0 Å². The molecule has 4 heteroatoms. The predicted octanol–water partition coefficient (Wildman–Crippen LogP) is 0.0629. The van der Waals surface area contributed by atoms with Gasteiger partial charge in [-0.25, -0.2) is 0 Å². The van der Waals surface area contributed by atoms with Gasteiger partial charge in [0.2, 0.25) is 0 Å². The van der Waals surface area contributed by atoms with Crippen LogP contribution in [0.1, 0.15) is 6.04 Å². The van der Waals surface area contributed by atoms with E-state index in [-0.39, 0.29) is 12.6 Å². The molecular weight excluding hydrogens is 144 g/mol. The summed E-state index contributed by atoms with van der Waals surface area (Å²) in [4.78, 5) is 0. The van der Waals surface area contributed by atoms with Gasteiger partial charge in [0.1, 0.15) is 0 Å². The number of nitrogens with zero attached hydrogens (tertiary/aromatic N) is 2. The number of aromatic nitrogens is 2. The highest BCUT2D eigenvalue weighted by Gasteiger charge is 2.07. The number of aliphatic hydroxyl groups is 1. The Hall–Kier alpha value is -0.870. The van der Waals surface area contributed by atoms with Crippen molar-refractivity contribution in [2.45, 2.75) is 6.04 Å². The molecule has 0 aliphatic carbocycles. The van der Waals surface area contributed by atoms with Gasteiger partial charge >= 0.3 is 0 Å². The van der Waals surface area contributed by atoms with Crippen LogP contribution >= 0.6 is 0 Å². The van der Waals surface area contributed by atoms with E-state index in [2.05, 4.69) is 5.10 Å². The van der Waals surface area contributed by atoms with Crippen LogP contribution in [0.25, 0.3) is 0 Å². The van der Waals surface area contributed by atoms with E-state index in [0.717, 1.165) is 0 Å². The first-order chi connectivity index (χ1) is 5.38. The Labute approximate surface area is 65.4 Å². The maximum absolute atomic E-state index is 8.89. The van der Waals surface area contributed by atoms with Gasteiger partial charge in [-0.3, -0.25) is 4.68 Å². The first-order valence-electron chi connectivity index (χ1n) is 3.47. The lowest BCUT2D eigenvalue weighted by atomic mass is 10.3. The lowest BCUT2D eigenvalue weighted by Gasteiger charge is -2.12. The highest BCUT2D eigenvalue weighted by atomic mass is 16.5. The fourth-order valence-electron chi connectivity index (χ4n) is 0.902. The van der Waals surface area contributed by atoms with Gasteiger partial charge in [0, 0.05) is 19.5 Å². The molecule has 1 aromatic rings. The Balaban J connectivity index is 2.56. The van der Waals surface area contributed by atoms with Crippen molar-refractivity contribution >= 4 is 0 Å². The Kier molecular flexibility index (Phi) is 3.07. The first kappa shape index (κ1) is 8.23. The molecule has 0 aromatic carbocycles. The summed E-state index contributed by atoms with van der Waals surface area (Å²) in [7, 11) is 1.60. The smallest absolute Gasteiger partial charge is 0.0982 e. The first-order valence-corrected chi connectivity index (χ1v) is 3.47. The zero-order chi connectivity index (χ0) is 8.10. The van der Waals surface area contributed by atoms with Gasteiger partial charge in [-0.2, -0.15) is 5.10 Å². The van der Waals surface area contributed by atoms with Crippen molar-refractivity contribution in [2.24, 2.45) is 0 Å². The average molecular weight is 156 g/mol. The van der Waals surface area contributed by atoms with E-state index in [0.29, 0.717) is 6.61 Å². The molecule has 0 aliphatic heterocycles. The molecule has 1 atom stereocenters. The van der Waals surface area contributed by atoms with E-state index < -0.39 is 0 Å². The second-order valence-corrected chi connectivity index (χ2v) is 2.28. The van der Waals surface area contributed by atoms with E-state index in [9.17, 15) is 0 Å². The van der Waals surface area contributed by atoms with Crippen molar-refractivity contribution in [1.29, 1.82) is 0 Å². The standard InChI is InChI=1S/C7H12N2O2/c1-11-6-7(5-10)9-4-2-3-8-9/h2-4,7,10H,5-6H2,1H3. The molecule has 1 aromatic heterocycles. The summed E-state index contributed by atoms with van der Waals surface area (Å²) in [6.45, 7) is 0.535. The Morgan fingerprint density at radius 3 is 3.00 bits per heavy atom. The molecule has 1 heterocycles. The van der Waals surface area contributed by atoms with Crippen LogP contribution < -0.4 is 0 Å². The van der Waals surface area contributed by atoms with Gasteiger partial charge < -0.3 is 9.84 Å². The molecule has 1 rings (SSSR count). The molecule has 0 saturated carbocycles. The summed E-state index contributed by atoms with van der Waals surface area (Å²) in [6, 6.07) is 1.76. The molecule has 0 bridgehead atoms. The average Bonchev–Trinajstić information content (AvgIpc) is 2.52. The summed E-state index contributed by atoms with van der Waals surface area (Å²) >= 11 is 0. The number of aliphatic hydroxyl groups excluding tert-OH is 1. The molecule has 0 radical (unpaired) electrons. The zero-order valence-electron chi connectivity index (χ0n) is 6.47. The molecule has 62 valence electrons. The van der Waals surface area contributed by atoms with E-state index in [1.54, 1.807) is 24.2 Å². The minimum absolute atomic E-state index is 0.0511. The van der Waals surface area contributed by atoms with E-state index in [1.165, 1.54) is 0 Å². The summed E-state index contributed by atoms with van der Waals surface area (Å²) < 4.78 is 6.58. The number of hydrogen-bond donors (Lipinski definition) is 1. The van der Waals surface area contributed by atoms with Crippen LogP contribution in [0.5, 0.6) is 0 Å². The van der Waals surface area contributed by atoms with Gasteiger partial charge in [-0.1, -0.05) is 0 Å². The number of hydrogen-bond acceptors (Lipinski definition) is 3. The van der Waals surface area contributed by atoms with Gasteiger partial charge in [0.25, 0.3) is 0 Å². The lowest BCUT2D eigenvalue weighted by Crippen LogP contribution is -2.18. The predicted molar refractivity (Wildman–Crippen MR) is 40.2 cm³/mol. The molecule has 0 amide bonds. The molecular formula is C7H12N2O2. The highest BCUT2D eigenvalue weighted by Crippen LogP contribution is 2.02. The number of methoxy groups -OCH3 is 1. The highest BCUT2D eigenvalue weighted by molar-refractivity contribution is 4.81. The molecule has 1 unspecified atom stereocenters. The third-order valence-corrected chi connectivity index (χ3v) is 1.47. The molecule has 0 spiro atoms. The third-order valence-electron chi connectivity index (χ3n) is 1.47. The Morgan fingerprint density at radius 2 is 2.55 bits per heavy atom. The fraction of sp³-hybridized carbons (Fsp3) is 0.571. The van der Waals surface area contributed by atoms with Crippen LogP contribution in [0.3, 0.4) is 0 Å². The van der Waals surface area contributed by atoms with Crippen molar-refractivity contribution in [1.82, 2.24) is 9.78 Å². The molecule has 0 aliphatic rings. The summed E-state index contributed by atoms with van der Waals surface area (Å²) in [6.07, 6.45) is 3.48. The molecule has 11 heavy (non-hydrogen) atoms. The van der Waals surface area contributed by atoms with Crippen molar-refractivity contribution in [3.05, 3.63) is 18.5 Å². The van der Waals surface area contributed by atoms with Crippen LogP contribution in [0.2, 0.25) is 0 Å². The second kappa shape index (κ2) is 4.10. The summed E-state index contributed by atoms with van der Waals surface area (Å²) in [5.41, 5.74) is 0. The largest absolute Gasteiger partial charge is 0.394 e. The number of ether oxygens (including phenoxy) is 1. The van der Waals surface area contributed by atoms with Crippen molar-refractivity contribution in [3.63, 3.8) is 0 Å². The monoisotopic (exact) mass is 156 g/mol. The minimum Gasteiger partial charge on any atom is -0.394 e. The maximum Gasteiger partial charge on any atom is 0.0982 e. The maximum atomic E-state index is 8.89. The minimum atomic E-state index is -0.0602. The Bertz CT molecular complexity index is 186. The fourth-order valence-corrected chi connectivity index (χ4v) is 0.902. The third kappa shape index (κ3) is 2.03. The van der Waals surface area contributed by atoms with Crippen molar-refractivity contribution in [2.75, 3.05) is 20.3 Å². The van der Waals surface area contributed by atoms with Crippen LogP contribution in [-0.2, 0) is 4.74 Å². The van der Waals surface area contributed by atoms with Crippen LogP contribution in [0.15, 0.2) is 18.5 Å². The SMILES string of the molecule is COCC(CO)n1cccn1. The summed E-state index contributed by atoms with van der Waals surface area (Å²) in [5, 5.41) is 12.9. The van der Waals surface area contributed by atoms with E-state index in [4.69, 9.17) is 9.84 Å². The second-order valence-electron chi connectivity index (χ2n) is 2.28. The van der Waals surface area contributed by atoms with Gasteiger partial charge in [0.05, 0.1) is 19.3 Å². The molecule has 1 N–H and O–H groups in total. The molecule has 0 fully saturated rings. The summed E-state index contributed by atoms with van der Waals surface area (Å²) in [5.74, 6) is 0. The molecule has 4 nitrogen and oxygen atoms in total. The normalized spacial score (nSPS) is 13.3.